The van der Waals surface area contributed by atoms with E-state index in [1.807, 2.05) is 0 Å². The molecule has 0 bridgehead atoms. The van der Waals surface area contributed by atoms with Crippen LogP contribution in [0.3, 0.4) is 0 Å². The number of hydrogen-bond donors (Lipinski definition) is 3. The van der Waals surface area contributed by atoms with Crippen molar-refractivity contribution in [1.82, 2.24) is 0 Å². The normalized spacial score (nSPS) is 16.0. The van der Waals surface area contributed by atoms with Crippen LogP contribution in [0.1, 0.15) is 12.8 Å². The van der Waals surface area contributed by atoms with Crippen molar-refractivity contribution in [2.45, 2.75) is 37.7 Å². The molecule has 0 aliphatic rings. The Morgan fingerprint density at radius 1 is 1.21 bits per heavy atom. The smallest absolute Gasteiger partial charge is 0.332 e. The first-order valence-electron chi connectivity index (χ1n) is 4.29. The van der Waals surface area contributed by atoms with Gasteiger partial charge in [0.1, 0.15) is 5.22 Å². The summed E-state index contributed by atoms with van der Waals surface area (Å²) in [6, 6.07) is 0. The lowest BCUT2D eigenvalue weighted by molar-refractivity contribution is -0.152. The van der Waals surface area contributed by atoms with E-state index in [-0.39, 0.29) is 12.8 Å². The summed E-state index contributed by atoms with van der Waals surface area (Å²) in [7, 11) is -2.35. The number of hydrogen-bond acceptors (Lipinski definition) is 3. The first-order valence-corrected chi connectivity index (χ1v) is 7.79. The molecule has 0 aromatic heterocycles. The van der Waals surface area contributed by atoms with Gasteiger partial charge in [-0.15, -0.1) is 0 Å². The number of aliphatic hydroxyl groups is 1. The summed E-state index contributed by atoms with van der Waals surface area (Å²) in [5, 5.41) is 25.3. The van der Waals surface area contributed by atoms with Crippen molar-refractivity contribution in [1.29, 1.82) is 0 Å². The topological polar surface area (TPSA) is 94.8 Å². The van der Waals surface area contributed by atoms with Crippen LogP contribution in [0.4, 0.5) is 0 Å². The maximum absolute atomic E-state index is 10.9. The van der Waals surface area contributed by atoms with Gasteiger partial charge in [-0.2, -0.15) is 0 Å². The molecule has 0 aliphatic heterocycles. The fourth-order valence-electron chi connectivity index (χ4n) is 1.09. The largest absolute Gasteiger partial charge is 0.481 e. The summed E-state index contributed by atoms with van der Waals surface area (Å²) in [6.45, 7) is 5.09. The van der Waals surface area contributed by atoms with Crippen molar-refractivity contribution in [2.24, 2.45) is 0 Å². The van der Waals surface area contributed by atoms with Gasteiger partial charge in [-0.3, -0.25) is 4.79 Å². The molecule has 0 aromatic rings. The fraction of sp³-hybridized carbons (Fsp3) is 0.750. The zero-order chi connectivity index (χ0) is 11.6. The Labute approximate surface area is 83.4 Å². The van der Waals surface area contributed by atoms with E-state index in [0.29, 0.717) is 0 Å². The second-order valence-corrected chi connectivity index (χ2v) is 9.64. The lowest BCUT2D eigenvalue weighted by atomic mass is 10.2. The lowest BCUT2D eigenvalue weighted by Gasteiger charge is -2.34. The molecule has 0 rings (SSSR count). The van der Waals surface area contributed by atoms with Crippen molar-refractivity contribution in [3.8, 4) is 0 Å². The summed E-state index contributed by atoms with van der Waals surface area (Å²) in [5.74, 6) is -2.42. The van der Waals surface area contributed by atoms with E-state index in [1.165, 1.54) is 0 Å². The molecule has 0 aliphatic carbocycles. The van der Waals surface area contributed by atoms with Gasteiger partial charge in [0.05, 0.1) is 8.07 Å². The molecule has 0 saturated heterocycles. The molecule has 3 N–H and O–H groups in total. The van der Waals surface area contributed by atoms with Crippen molar-refractivity contribution in [3.05, 3.63) is 0 Å². The summed E-state index contributed by atoms with van der Waals surface area (Å²) < 4.78 is 0. The molecule has 0 aromatic carbocycles. The monoisotopic (exact) mass is 220 g/mol. The van der Waals surface area contributed by atoms with E-state index in [2.05, 4.69) is 0 Å². The third-order valence-electron chi connectivity index (χ3n) is 2.30. The van der Waals surface area contributed by atoms with Crippen LogP contribution in [0.5, 0.6) is 0 Å². The molecule has 0 fully saturated rings. The van der Waals surface area contributed by atoms with Crippen LogP contribution in [-0.2, 0) is 9.59 Å². The van der Waals surface area contributed by atoms with Crippen LogP contribution in [0.25, 0.3) is 0 Å². The Morgan fingerprint density at radius 3 is 1.86 bits per heavy atom. The summed E-state index contributed by atoms with van der Waals surface area (Å²) in [5.41, 5.74) is 0. The average molecular weight is 220 g/mol. The van der Waals surface area contributed by atoms with Crippen LogP contribution in [0, 0.1) is 0 Å². The maximum Gasteiger partial charge on any atom is 0.332 e. The molecule has 0 spiro atoms. The lowest BCUT2D eigenvalue weighted by Crippen LogP contribution is -2.58. The maximum atomic E-state index is 10.9. The average Bonchev–Trinajstić information content (AvgIpc) is 1.97. The van der Waals surface area contributed by atoms with Gasteiger partial charge in [0.15, 0.2) is 0 Å². The van der Waals surface area contributed by atoms with E-state index in [4.69, 9.17) is 10.2 Å². The van der Waals surface area contributed by atoms with E-state index in [9.17, 15) is 14.7 Å². The Morgan fingerprint density at radius 2 is 1.64 bits per heavy atom. The predicted octanol–water partition coefficient (Wildman–Crippen LogP) is 0.544. The Balaban J connectivity index is 4.75. The number of aliphatic carboxylic acids is 2. The van der Waals surface area contributed by atoms with E-state index >= 15 is 0 Å². The summed E-state index contributed by atoms with van der Waals surface area (Å²) in [6.07, 6.45) is -0.555. The Hall–Kier alpha value is -0.883. The van der Waals surface area contributed by atoms with Gasteiger partial charge in [0.2, 0.25) is 0 Å². The van der Waals surface area contributed by atoms with Crippen molar-refractivity contribution in [2.75, 3.05) is 0 Å². The summed E-state index contributed by atoms with van der Waals surface area (Å²) in [4.78, 5) is 21.2. The summed E-state index contributed by atoms with van der Waals surface area (Å²) >= 11 is 0. The van der Waals surface area contributed by atoms with Gasteiger partial charge in [-0.25, -0.2) is 4.79 Å². The molecular weight excluding hydrogens is 204 g/mol. The Bertz CT molecular complexity index is 245. The van der Waals surface area contributed by atoms with Crippen LogP contribution < -0.4 is 0 Å². The Kier molecular flexibility index (Phi) is 3.84. The van der Waals surface area contributed by atoms with Crippen LogP contribution in [0.2, 0.25) is 19.6 Å². The van der Waals surface area contributed by atoms with Crippen LogP contribution >= 0.6 is 0 Å². The van der Waals surface area contributed by atoms with Crippen molar-refractivity contribution >= 4 is 20.0 Å². The fourth-order valence-corrected chi connectivity index (χ4v) is 2.61. The van der Waals surface area contributed by atoms with Crippen LogP contribution in [0.15, 0.2) is 0 Å². The van der Waals surface area contributed by atoms with Crippen molar-refractivity contribution < 1.29 is 24.9 Å². The van der Waals surface area contributed by atoms with Gasteiger partial charge in [-0.1, -0.05) is 19.6 Å². The highest BCUT2D eigenvalue weighted by atomic mass is 28.3. The standard InChI is InChI=1S/C8H16O5Si/c1-14(2,3)8(13,7(11)12)5-4-6(9)10/h13H,4-5H2,1-3H3,(H,9,10)(H,11,12). The first-order chi connectivity index (χ1) is 6.11. The number of carboxylic acids is 2. The van der Waals surface area contributed by atoms with Crippen molar-refractivity contribution in [3.63, 3.8) is 0 Å². The molecule has 1 atom stereocenters. The first kappa shape index (κ1) is 13.1. The molecule has 14 heavy (non-hydrogen) atoms. The van der Waals surface area contributed by atoms with Crippen LogP contribution in [-0.4, -0.2) is 40.6 Å². The minimum absolute atomic E-state index is 0.229. The molecule has 0 heterocycles. The van der Waals surface area contributed by atoms with Gasteiger partial charge < -0.3 is 15.3 Å². The molecule has 5 nitrogen and oxygen atoms in total. The molecule has 82 valence electrons. The predicted molar refractivity (Wildman–Crippen MR) is 52.8 cm³/mol. The highest BCUT2D eigenvalue weighted by Gasteiger charge is 2.48. The molecule has 1 unspecified atom stereocenters. The van der Waals surface area contributed by atoms with Gasteiger partial charge in [0, 0.05) is 6.42 Å². The molecule has 0 radical (unpaired) electrons. The zero-order valence-electron chi connectivity index (χ0n) is 8.57. The van der Waals surface area contributed by atoms with E-state index < -0.39 is 25.2 Å². The second kappa shape index (κ2) is 4.10. The SMILES string of the molecule is C[Si](C)(C)C(O)(CCC(=O)O)C(=O)O. The van der Waals surface area contributed by atoms with Gasteiger partial charge >= 0.3 is 11.9 Å². The number of carboxylic acid groups (broad SMARTS) is 2. The molecule has 0 amide bonds. The van der Waals surface area contributed by atoms with Gasteiger partial charge in [-0.05, 0) is 6.42 Å². The zero-order valence-corrected chi connectivity index (χ0v) is 9.57. The molecule has 0 saturated carbocycles. The molecule has 6 heteroatoms. The number of rotatable bonds is 5. The quantitative estimate of drug-likeness (QED) is 0.588. The van der Waals surface area contributed by atoms with E-state index in [0.717, 1.165) is 0 Å². The molecular formula is C8H16O5Si. The number of carbonyl (C=O) groups is 2. The third-order valence-corrected chi connectivity index (χ3v) is 5.24. The highest BCUT2D eigenvalue weighted by Crippen LogP contribution is 2.26. The minimum atomic E-state index is -2.35. The van der Waals surface area contributed by atoms with E-state index in [1.54, 1.807) is 19.6 Å². The minimum Gasteiger partial charge on any atom is -0.481 e. The third kappa shape index (κ3) is 2.81. The highest BCUT2D eigenvalue weighted by molar-refractivity contribution is 6.81. The van der Waals surface area contributed by atoms with Gasteiger partial charge in [0.25, 0.3) is 0 Å². The second-order valence-electron chi connectivity index (χ2n) is 4.31.